The molecule has 0 aromatic carbocycles. The van der Waals surface area contributed by atoms with E-state index in [1.807, 2.05) is 12.1 Å². The Bertz CT molecular complexity index is 473. The van der Waals surface area contributed by atoms with Gasteiger partial charge in [-0.25, -0.2) is 4.98 Å². The molecule has 1 aromatic heterocycles. The molecule has 20 heavy (non-hydrogen) atoms. The van der Waals surface area contributed by atoms with E-state index in [1.165, 1.54) is 11.1 Å². The van der Waals surface area contributed by atoms with Gasteiger partial charge in [0, 0.05) is 24.3 Å². The number of rotatable bonds is 7. The van der Waals surface area contributed by atoms with Gasteiger partial charge in [-0.05, 0) is 36.1 Å². The van der Waals surface area contributed by atoms with E-state index in [2.05, 4.69) is 50.1 Å². The number of nitrogens with one attached hydrogen (secondary N) is 1. The van der Waals surface area contributed by atoms with Gasteiger partial charge in [0.1, 0.15) is 5.82 Å². The maximum absolute atomic E-state index is 5.98. The summed E-state index contributed by atoms with van der Waals surface area (Å²) in [5.41, 5.74) is 9.57. The van der Waals surface area contributed by atoms with Crippen molar-refractivity contribution in [3.05, 3.63) is 41.6 Å². The largest absolute Gasteiger partial charge is 0.383 e. The summed E-state index contributed by atoms with van der Waals surface area (Å²) in [6, 6.07) is 4.46. The molecule has 1 aromatic rings. The molecule has 0 saturated carbocycles. The molecule has 0 aliphatic rings. The summed E-state index contributed by atoms with van der Waals surface area (Å²) in [5.74, 6) is 0.605. The summed E-state index contributed by atoms with van der Waals surface area (Å²) >= 11 is 0. The van der Waals surface area contributed by atoms with Gasteiger partial charge in [0.25, 0.3) is 0 Å². The Labute approximate surface area is 123 Å². The van der Waals surface area contributed by atoms with Crippen molar-refractivity contribution in [2.45, 2.75) is 46.6 Å². The zero-order valence-corrected chi connectivity index (χ0v) is 13.1. The van der Waals surface area contributed by atoms with Crippen molar-refractivity contribution >= 4 is 11.4 Å². The maximum atomic E-state index is 5.98. The number of nitrogens with two attached hydrogens (primary N) is 1. The Morgan fingerprint density at radius 1 is 1.40 bits per heavy atom. The fourth-order valence-electron chi connectivity index (χ4n) is 2.05. The molecule has 1 rings (SSSR count). The monoisotopic (exact) mass is 273 g/mol. The SMILES string of the molecule is CC/C=C(\C=C(/CC)c1cccnc1N)CNC(C)C. The normalized spacial score (nSPS) is 13.1. The number of hydrogen-bond donors (Lipinski definition) is 2. The summed E-state index contributed by atoms with van der Waals surface area (Å²) in [5, 5.41) is 3.47. The molecule has 0 saturated heterocycles. The van der Waals surface area contributed by atoms with E-state index in [1.54, 1.807) is 6.20 Å². The van der Waals surface area contributed by atoms with E-state index in [0.717, 1.165) is 24.9 Å². The van der Waals surface area contributed by atoms with Crippen LogP contribution in [0.4, 0.5) is 5.82 Å². The van der Waals surface area contributed by atoms with Crippen molar-refractivity contribution in [2.75, 3.05) is 12.3 Å². The summed E-state index contributed by atoms with van der Waals surface area (Å²) in [7, 11) is 0. The minimum absolute atomic E-state index is 0.484. The molecule has 3 N–H and O–H groups in total. The van der Waals surface area contributed by atoms with Gasteiger partial charge in [0.15, 0.2) is 0 Å². The van der Waals surface area contributed by atoms with Crippen molar-refractivity contribution in [1.29, 1.82) is 0 Å². The summed E-state index contributed by atoms with van der Waals surface area (Å²) in [6.45, 7) is 9.51. The van der Waals surface area contributed by atoms with Crippen LogP contribution in [-0.4, -0.2) is 17.6 Å². The predicted octanol–water partition coefficient (Wildman–Crippen LogP) is 3.79. The lowest BCUT2D eigenvalue weighted by molar-refractivity contribution is 0.625. The number of nitrogens with zero attached hydrogens (tertiary/aromatic N) is 1. The average Bonchev–Trinajstić information content (AvgIpc) is 2.43. The molecule has 0 aliphatic heterocycles. The fourth-order valence-corrected chi connectivity index (χ4v) is 2.05. The second-order valence-electron chi connectivity index (χ2n) is 5.18. The van der Waals surface area contributed by atoms with Crippen LogP contribution < -0.4 is 11.1 Å². The fraction of sp³-hybridized carbons (Fsp3) is 0.471. The van der Waals surface area contributed by atoms with Crippen LogP contribution in [0.25, 0.3) is 5.57 Å². The molecule has 0 aliphatic carbocycles. The lowest BCUT2D eigenvalue weighted by atomic mass is 10.0. The van der Waals surface area contributed by atoms with Crippen molar-refractivity contribution in [3.8, 4) is 0 Å². The van der Waals surface area contributed by atoms with Crippen LogP contribution in [0.15, 0.2) is 36.1 Å². The summed E-state index contributed by atoms with van der Waals surface area (Å²) in [6.07, 6.45) is 8.21. The maximum Gasteiger partial charge on any atom is 0.130 e. The standard InChI is InChI=1S/C17H27N3/c1-5-8-14(12-20-13(3)4)11-15(6-2)16-9-7-10-19-17(16)18/h7-11,13,20H,5-6,12H2,1-4H3,(H2,18,19)/b14-8+,15-11+. The summed E-state index contributed by atoms with van der Waals surface area (Å²) < 4.78 is 0. The van der Waals surface area contributed by atoms with Gasteiger partial charge < -0.3 is 11.1 Å². The first-order valence-corrected chi connectivity index (χ1v) is 7.42. The molecular formula is C17H27N3. The van der Waals surface area contributed by atoms with Crippen molar-refractivity contribution < 1.29 is 0 Å². The third-order valence-corrected chi connectivity index (χ3v) is 3.11. The quantitative estimate of drug-likeness (QED) is 0.743. The zero-order chi connectivity index (χ0) is 15.0. The van der Waals surface area contributed by atoms with Crippen LogP contribution in [0.3, 0.4) is 0 Å². The van der Waals surface area contributed by atoms with E-state index in [0.29, 0.717) is 11.9 Å². The summed E-state index contributed by atoms with van der Waals surface area (Å²) in [4.78, 5) is 4.18. The van der Waals surface area contributed by atoms with Gasteiger partial charge in [0.05, 0.1) is 0 Å². The molecular weight excluding hydrogens is 246 g/mol. The molecule has 0 bridgehead atoms. The number of pyridine rings is 1. The number of hydrogen-bond acceptors (Lipinski definition) is 3. The van der Waals surface area contributed by atoms with E-state index in [4.69, 9.17) is 5.73 Å². The Morgan fingerprint density at radius 3 is 2.70 bits per heavy atom. The Morgan fingerprint density at radius 2 is 2.15 bits per heavy atom. The molecule has 0 fully saturated rings. The van der Waals surface area contributed by atoms with Crippen LogP contribution in [0.2, 0.25) is 0 Å². The number of anilines is 1. The second-order valence-corrected chi connectivity index (χ2v) is 5.18. The molecule has 0 radical (unpaired) electrons. The van der Waals surface area contributed by atoms with Gasteiger partial charge in [-0.3, -0.25) is 0 Å². The molecule has 0 spiro atoms. The smallest absolute Gasteiger partial charge is 0.130 e. The van der Waals surface area contributed by atoms with E-state index < -0.39 is 0 Å². The third kappa shape index (κ3) is 5.17. The Balaban J connectivity index is 3.01. The molecule has 1 heterocycles. The molecule has 0 unspecified atom stereocenters. The first-order chi connectivity index (χ1) is 9.58. The van der Waals surface area contributed by atoms with Gasteiger partial charge in [-0.15, -0.1) is 0 Å². The highest BCUT2D eigenvalue weighted by Crippen LogP contribution is 2.23. The molecule has 110 valence electrons. The highest BCUT2D eigenvalue weighted by molar-refractivity contribution is 5.74. The zero-order valence-electron chi connectivity index (χ0n) is 13.1. The topological polar surface area (TPSA) is 50.9 Å². The minimum atomic E-state index is 0.484. The van der Waals surface area contributed by atoms with Crippen LogP contribution >= 0.6 is 0 Å². The molecule has 0 amide bonds. The van der Waals surface area contributed by atoms with E-state index >= 15 is 0 Å². The van der Waals surface area contributed by atoms with E-state index in [-0.39, 0.29) is 0 Å². The van der Waals surface area contributed by atoms with Gasteiger partial charge >= 0.3 is 0 Å². The van der Waals surface area contributed by atoms with Gasteiger partial charge in [0.2, 0.25) is 0 Å². The molecule has 3 nitrogen and oxygen atoms in total. The average molecular weight is 273 g/mol. The number of nitrogen functional groups attached to an aromatic ring is 1. The van der Waals surface area contributed by atoms with Crippen LogP contribution in [0.5, 0.6) is 0 Å². The second kappa shape index (κ2) is 8.54. The van der Waals surface area contributed by atoms with Crippen LogP contribution in [-0.2, 0) is 0 Å². The lowest BCUT2D eigenvalue weighted by Crippen LogP contribution is -2.24. The highest BCUT2D eigenvalue weighted by Gasteiger charge is 2.06. The third-order valence-electron chi connectivity index (χ3n) is 3.11. The van der Waals surface area contributed by atoms with E-state index in [9.17, 15) is 0 Å². The van der Waals surface area contributed by atoms with Crippen molar-refractivity contribution in [3.63, 3.8) is 0 Å². The number of aromatic nitrogens is 1. The Hall–Kier alpha value is -1.61. The lowest BCUT2D eigenvalue weighted by Gasteiger charge is -2.12. The van der Waals surface area contributed by atoms with Gasteiger partial charge in [-0.2, -0.15) is 0 Å². The first kappa shape index (κ1) is 16.4. The van der Waals surface area contributed by atoms with Crippen LogP contribution in [0.1, 0.15) is 46.1 Å². The van der Waals surface area contributed by atoms with Gasteiger partial charge in [-0.1, -0.05) is 39.8 Å². The highest BCUT2D eigenvalue weighted by atomic mass is 14.9. The molecule has 3 heteroatoms. The molecule has 0 atom stereocenters. The van der Waals surface area contributed by atoms with Crippen molar-refractivity contribution in [1.82, 2.24) is 10.3 Å². The minimum Gasteiger partial charge on any atom is -0.383 e. The predicted molar refractivity (Wildman–Crippen MR) is 88.4 cm³/mol. The van der Waals surface area contributed by atoms with Crippen LogP contribution in [0, 0.1) is 0 Å². The Kier molecular flexibility index (Phi) is 7.02. The first-order valence-electron chi connectivity index (χ1n) is 7.42. The van der Waals surface area contributed by atoms with Crippen molar-refractivity contribution in [2.24, 2.45) is 0 Å². The number of allylic oxidation sites excluding steroid dienone is 2.